The first kappa shape index (κ1) is 17.6. The van der Waals surface area contributed by atoms with Crippen LogP contribution in [0.5, 0.6) is 0 Å². The van der Waals surface area contributed by atoms with Gasteiger partial charge in [-0.15, -0.1) is 0 Å². The van der Waals surface area contributed by atoms with E-state index in [1.807, 2.05) is 53.0 Å². The molecule has 0 atom stereocenters. The number of nitrogens with one attached hydrogen (secondary N) is 2. The zero-order chi connectivity index (χ0) is 20.3. The van der Waals surface area contributed by atoms with E-state index in [1.165, 1.54) is 0 Å². The lowest BCUT2D eigenvalue weighted by Gasteiger charge is -2.21. The molecular formula is C23H23N5O. The predicted octanol–water partition coefficient (Wildman–Crippen LogP) is 4.61. The number of hydrogen-bond donors (Lipinski definition) is 2. The highest BCUT2D eigenvalue weighted by molar-refractivity contribution is 6.01. The van der Waals surface area contributed by atoms with Crippen molar-refractivity contribution >= 4 is 27.9 Å². The van der Waals surface area contributed by atoms with E-state index in [1.54, 1.807) is 4.40 Å². The van der Waals surface area contributed by atoms with Crippen LogP contribution in [0.4, 0.5) is 5.82 Å². The first-order chi connectivity index (χ1) is 13.8. The fraction of sp³-hybridized carbons (Fsp3) is 0.217. The summed E-state index contributed by atoms with van der Waals surface area (Å²) in [5.41, 5.74) is 4.98. The van der Waals surface area contributed by atoms with Crippen molar-refractivity contribution in [1.82, 2.24) is 19.0 Å². The number of fused-ring (bicyclic) bond motifs is 5. The quantitative estimate of drug-likeness (QED) is 0.466. The maximum Gasteiger partial charge on any atom is 0.332 e. The van der Waals surface area contributed by atoms with Gasteiger partial charge >= 0.3 is 5.69 Å². The number of aromatic nitrogens is 4. The largest absolute Gasteiger partial charge is 0.364 e. The fourth-order valence-corrected chi connectivity index (χ4v) is 3.82. The van der Waals surface area contributed by atoms with Crippen LogP contribution < -0.4 is 11.0 Å². The van der Waals surface area contributed by atoms with Crippen molar-refractivity contribution in [3.63, 3.8) is 0 Å². The topological polar surface area (TPSA) is 66.6 Å². The number of rotatable bonds is 2. The van der Waals surface area contributed by atoms with E-state index in [0.717, 1.165) is 44.7 Å². The summed E-state index contributed by atoms with van der Waals surface area (Å²) in [7, 11) is 0. The van der Waals surface area contributed by atoms with E-state index < -0.39 is 0 Å². The van der Waals surface area contributed by atoms with Crippen molar-refractivity contribution in [3.05, 3.63) is 70.6 Å². The van der Waals surface area contributed by atoms with Crippen molar-refractivity contribution in [3.8, 4) is 11.3 Å². The molecule has 0 fully saturated rings. The molecule has 6 nitrogen and oxygen atoms in total. The number of nitrogens with zero attached hydrogens (tertiary/aromatic N) is 3. The minimum absolute atomic E-state index is 0.178. The van der Waals surface area contributed by atoms with Gasteiger partial charge in [0.25, 0.3) is 0 Å². The first-order valence-corrected chi connectivity index (χ1v) is 9.72. The van der Waals surface area contributed by atoms with Gasteiger partial charge in [0, 0.05) is 22.6 Å². The highest BCUT2D eigenvalue weighted by atomic mass is 16.1. The summed E-state index contributed by atoms with van der Waals surface area (Å²) < 4.78 is 3.56. The van der Waals surface area contributed by atoms with Crippen LogP contribution in [0.25, 0.3) is 33.3 Å². The number of aryl methyl sites for hydroxylation is 1. The minimum Gasteiger partial charge on any atom is -0.364 e. The predicted molar refractivity (Wildman–Crippen MR) is 118 cm³/mol. The third kappa shape index (κ3) is 2.79. The first-order valence-electron chi connectivity index (χ1n) is 9.72. The van der Waals surface area contributed by atoms with E-state index in [9.17, 15) is 4.79 Å². The van der Waals surface area contributed by atoms with E-state index in [-0.39, 0.29) is 11.2 Å². The summed E-state index contributed by atoms with van der Waals surface area (Å²) in [4.78, 5) is 16.1. The molecule has 3 heterocycles. The number of anilines is 1. The van der Waals surface area contributed by atoms with Crippen LogP contribution in [0.2, 0.25) is 0 Å². The van der Waals surface area contributed by atoms with Crippen LogP contribution in [0.1, 0.15) is 26.3 Å². The molecule has 0 saturated heterocycles. The Balaban J connectivity index is 1.94. The number of hydrogen-bond acceptors (Lipinski definition) is 3. The van der Waals surface area contributed by atoms with Crippen LogP contribution in [0.15, 0.2) is 59.4 Å². The zero-order valence-electron chi connectivity index (χ0n) is 16.9. The van der Waals surface area contributed by atoms with Crippen molar-refractivity contribution < 1.29 is 0 Å². The lowest BCUT2D eigenvalue weighted by Crippen LogP contribution is -2.27. The summed E-state index contributed by atoms with van der Waals surface area (Å²) in [6.45, 7) is 8.36. The Morgan fingerprint density at radius 3 is 2.52 bits per heavy atom. The van der Waals surface area contributed by atoms with Gasteiger partial charge in [-0.25, -0.2) is 9.20 Å². The molecular weight excluding hydrogens is 362 g/mol. The number of H-pyrrole nitrogens is 1. The van der Waals surface area contributed by atoms with Gasteiger partial charge in [0.2, 0.25) is 0 Å². The molecule has 2 N–H and O–H groups in total. The van der Waals surface area contributed by atoms with E-state index in [4.69, 9.17) is 5.10 Å². The van der Waals surface area contributed by atoms with Gasteiger partial charge in [-0.2, -0.15) is 9.61 Å². The van der Waals surface area contributed by atoms with E-state index in [2.05, 4.69) is 44.1 Å². The van der Waals surface area contributed by atoms with Crippen molar-refractivity contribution in [2.24, 2.45) is 0 Å². The molecule has 0 unspecified atom stereocenters. The van der Waals surface area contributed by atoms with Gasteiger partial charge in [0.05, 0.1) is 11.2 Å². The zero-order valence-corrected chi connectivity index (χ0v) is 16.9. The highest BCUT2D eigenvalue weighted by Gasteiger charge is 2.23. The summed E-state index contributed by atoms with van der Waals surface area (Å²) in [6.07, 6.45) is 0. The van der Waals surface area contributed by atoms with Crippen molar-refractivity contribution in [1.29, 1.82) is 0 Å². The maximum atomic E-state index is 13.1. The van der Waals surface area contributed by atoms with Gasteiger partial charge in [0.1, 0.15) is 11.2 Å². The molecule has 2 aromatic carbocycles. The molecule has 0 radical (unpaired) electrons. The summed E-state index contributed by atoms with van der Waals surface area (Å²) in [5.74, 6) is 0.816. The van der Waals surface area contributed by atoms with Crippen LogP contribution in [0.3, 0.4) is 0 Å². The Morgan fingerprint density at radius 1 is 1.03 bits per heavy atom. The Morgan fingerprint density at radius 2 is 1.79 bits per heavy atom. The summed E-state index contributed by atoms with van der Waals surface area (Å²) in [6, 6.07) is 18.0. The maximum absolute atomic E-state index is 13.1. The van der Waals surface area contributed by atoms with Crippen LogP contribution in [-0.2, 0) is 0 Å². The monoisotopic (exact) mass is 385 g/mol. The standard InChI is InChI=1S/C23H23N5O/c1-14-10-11-17-16(12-14)20-21(25-23(2,3)4)28-19(27(20)22(29)24-17)13-18(26-28)15-8-6-5-7-9-15/h5-13,25H,1-4H3,(H,24,29). The molecule has 0 aliphatic heterocycles. The van der Waals surface area contributed by atoms with Crippen molar-refractivity contribution in [2.75, 3.05) is 5.32 Å². The Hall–Kier alpha value is -3.54. The van der Waals surface area contributed by atoms with Crippen LogP contribution in [-0.4, -0.2) is 24.5 Å². The number of aromatic amines is 1. The molecule has 0 bridgehead atoms. The molecule has 5 rings (SSSR count). The third-order valence-corrected chi connectivity index (χ3v) is 5.02. The summed E-state index contributed by atoms with van der Waals surface area (Å²) >= 11 is 0. The molecule has 0 aliphatic carbocycles. The second-order valence-electron chi connectivity index (χ2n) is 8.55. The van der Waals surface area contributed by atoms with E-state index in [0.29, 0.717) is 0 Å². The van der Waals surface area contributed by atoms with Gasteiger partial charge in [-0.05, 0) is 39.8 Å². The normalized spacial score (nSPS) is 12.3. The molecule has 29 heavy (non-hydrogen) atoms. The molecule has 0 aliphatic rings. The average Bonchev–Trinajstić information content (AvgIpc) is 3.21. The third-order valence-electron chi connectivity index (χ3n) is 5.02. The SMILES string of the molecule is Cc1ccc2[nH]c(=O)n3c(c(NC(C)(C)C)n4nc(-c5ccccc5)cc43)c2c1. The van der Waals surface area contributed by atoms with Gasteiger partial charge in [0.15, 0.2) is 5.82 Å². The van der Waals surface area contributed by atoms with Gasteiger partial charge < -0.3 is 10.3 Å². The van der Waals surface area contributed by atoms with Gasteiger partial charge in [-0.1, -0.05) is 42.0 Å². The van der Waals surface area contributed by atoms with E-state index >= 15 is 0 Å². The van der Waals surface area contributed by atoms with Crippen molar-refractivity contribution in [2.45, 2.75) is 33.2 Å². The Labute approximate surface area is 167 Å². The average molecular weight is 385 g/mol. The molecule has 0 spiro atoms. The Bertz CT molecular complexity index is 1430. The molecule has 5 aromatic rings. The number of imidazole rings is 1. The highest BCUT2D eigenvalue weighted by Crippen LogP contribution is 2.32. The molecule has 146 valence electrons. The minimum atomic E-state index is -0.202. The lowest BCUT2D eigenvalue weighted by molar-refractivity contribution is 0.628. The molecule has 0 amide bonds. The second kappa shape index (κ2) is 5.98. The fourth-order valence-electron chi connectivity index (χ4n) is 3.82. The number of benzene rings is 2. The molecule has 3 aromatic heterocycles. The summed E-state index contributed by atoms with van der Waals surface area (Å²) in [5, 5.41) is 9.42. The molecule has 0 saturated carbocycles. The smallest absolute Gasteiger partial charge is 0.332 e. The van der Waals surface area contributed by atoms with Crippen LogP contribution >= 0.6 is 0 Å². The second-order valence-corrected chi connectivity index (χ2v) is 8.55. The lowest BCUT2D eigenvalue weighted by atomic mass is 10.1. The van der Waals surface area contributed by atoms with Gasteiger partial charge in [-0.3, -0.25) is 0 Å². The van der Waals surface area contributed by atoms with Crippen LogP contribution in [0, 0.1) is 6.92 Å². The Kier molecular flexibility index (Phi) is 3.62. The molecule has 6 heteroatoms.